The standard InChI is InChI=1S/C14H21NO2/c1-10(2)8-12-4-6-13(7-5-12)15-14(17)11(3)9-16/h4-7,10-11,16H,8-9H2,1-3H3,(H,15,17)/t11-/m0/s1. The van der Waals surface area contributed by atoms with E-state index in [-0.39, 0.29) is 18.4 Å². The number of aliphatic hydroxyl groups excluding tert-OH is 1. The fraction of sp³-hybridized carbons (Fsp3) is 0.500. The molecular weight excluding hydrogens is 214 g/mol. The minimum absolute atomic E-state index is 0.128. The number of hydrogen-bond donors (Lipinski definition) is 2. The first-order chi connectivity index (χ1) is 8.02. The first-order valence-electron chi connectivity index (χ1n) is 6.03. The van der Waals surface area contributed by atoms with Crippen LogP contribution in [0.2, 0.25) is 0 Å². The summed E-state index contributed by atoms with van der Waals surface area (Å²) in [6.07, 6.45) is 1.04. The molecule has 0 fully saturated rings. The highest BCUT2D eigenvalue weighted by atomic mass is 16.3. The molecule has 0 aliphatic heterocycles. The number of amides is 1. The largest absolute Gasteiger partial charge is 0.396 e. The summed E-state index contributed by atoms with van der Waals surface area (Å²) in [7, 11) is 0. The second-order valence-electron chi connectivity index (χ2n) is 4.87. The average Bonchev–Trinajstić information content (AvgIpc) is 2.30. The molecule has 3 heteroatoms. The lowest BCUT2D eigenvalue weighted by Crippen LogP contribution is -2.22. The third kappa shape index (κ3) is 4.57. The lowest BCUT2D eigenvalue weighted by Gasteiger charge is -2.10. The lowest BCUT2D eigenvalue weighted by atomic mass is 10.0. The molecule has 1 aromatic carbocycles. The maximum Gasteiger partial charge on any atom is 0.229 e. The van der Waals surface area contributed by atoms with Crippen molar-refractivity contribution in [2.45, 2.75) is 27.2 Å². The summed E-state index contributed by atoms with van der Waals surface area (Å²) in [5.41, 5.74) is 2.05. The molecule has 0 bridgehead atoms. The second-order valence-corrected chi connectivity index (χ2v) is 4.87. The molecule has 1 atom stereocenters. The van der Waals surface area contributed by atoms with Crippen molar-refractivity contribution in [3.8, 4) is 0 Å². The van der Waals surface area contributed by atoms with E-state index in [4.69, 9.17) is 5.11 Å². The lowest BCUT2D eigenvalue weighted by molar-refractivity contribution is -0.120. The highest BCUT2D eigenvalue weighted by molar-refractivity contribution is 5.92. The van der Waals surface area contributed by atoms with Gasteiger partial charge in [-0.2, -0.15) is 0 Å². The minimum atomic E-state index is -0.370. The SMILES string of the molecule is CC(C)Cc1ccc(NC(=O)[C@@H](C)CO)cc1. The first kappa shape index (κ1) is 13.7. The molecule has 0 aliphatic carbocycles. The fourth-order valence-electron chi connectivity index (χ4n) is 1.54. The van der Waals surface area contributed by atoms with Crippen LogP contribution in [-0.2, 0) is 11.2 Å². The topological polar surface area (TPSA) is 49.3 Å². The molecule has 0 spiro atoms. The van der Waals surface area contributed by atoms with Gasteiger partial charge in [0.25, 0.3) is 0 Å². The Morgan fingerprint density at radius 1 is 1.24 bits per heavy atom. The second kappa shape index (κ2) is 6.40. The van der Waals surface area contributed by atoms with E-state index in [9.17, 15) is 4.79 Å². The molecule has 3 nitrogen and oxygen atoms in total. The Kier molecular flexibility index (Phi) is 5.16. The number of hydrogen-bond acceptors (Lipinski definition) is 2. The predicted molar refractivity (Wildman–Crippen MR) is 69.9 cm³/mol. The number of aliphatic hydroxyl groups is 1. The van der Waals surface area contributed by atoms with Gasteiger partial charge in [-0.05, 0) is 30.0 Å². The molecule has 0 radical (unpaired) electrons. The zero-order valence-corrected chi connectivity index (χ0v) is 10.7. The maximum atomic E-state index is 11.5. The van der Waals surface area contributed by atoms with Gasteiger partial charge in [0.05, 0.1) is 12.5 Å². The fourth-order valence-corrected chi connectivity index (χ4v) is 1.54. The summed E-state index contributed by atoms with van der Waals surface area (Å²) < 4.78 is 0. The summed E-state index contributed by atoms with van der Waals surface area (Å²) in [5.74, 6) is 0.110. The summed E-state index contributed by atoms with van der Waals surface area (Å²) in [6, 6.07) is 7.86. The van der Waals surface area contributed by atoms with Gasteiger partial charge in [-0.25, -0.2) is 0 Å². The maximum absolute atomic E-state index is 11.5. The predicted octanol–water partition coefficient (Wildman–Crippen LogP) is 2.45. The monoisotopic (exact) mass is 235 g/mol. The Balaban J connectivity index is 2.59. The van der Waals surface area contributed by atoms with Crippen LogP contribution in [0.25, 0.3) is 0 Å². The molecule has 17 heavy (non-hydrogen) atoms. The van der Waals surface area contributed by atoms with Crippen LogP contribution in [0, 0.1) is 11.8 Å². The molecule has 1 aromatic rings. The van der Waals surface area contributed by atoms with E-state index in [2.05, 4.69) is 19.2 Å². The zero-order chi connectivity index (χ0) is 12.8. The number of anilines is 1. The Morgan fingerprint density at radius 3 is 2.29 bits per heavy atom. The molecule has 0 aromatic heterocycles. The van der Waals surface area contributed by atoms with Crippen molar-refractivity contribution in [1.82, 2.24) is 0 Å². The molecule has 1 rings (SSSR count). The molecular formula is C14H21NO2. The van der Waals surface area contributed by atoms with Gasteiger partial charge in [-0.3, -0.25) is 4.79 Å². The number of carbonyl (C=O) groups excluding carboxylic acids is 1. The molecule has 0 aliphatic rings. The number of rotatable bonds is 5. The van der Waals surface area contributed by atoms with Gasteiger partial charge < -0.3 is 10.4 Å². The minimum Gasteiger partial charge on any atom is -0.396 e. The van der Waals surface area contributed by atoms with E-state index < -0.39 is 0 Å². The van der Waals surface area contributed by atoms with Gasteiger partial charge in [0.15, 0.2) is 0 Å². The Labute approximate surface area is 103 Å². The third-order valence-electron chi connectivity index (χ3n) is 2.59. The summed E-state index contributed by atoms with van der Waals surface area (Å²) in [5, 5.41) is 11.6. The van der Waals surface area contributed by atoms with Gasteiger partial charge in [-0.1, -0.05) is 32.9 Å². The van der Waals surface area contributed by atoms with Crippen molar-refractivity contribution < 1.29 is 9.90 Å². The third-order valence-corrected chi connectivity index (χ3v) is 2.59. The van der Waals surface area contributed by atoms with Crippen LogP contribution in [-0.4, -0.2) is 17.6 Å². The molecule has 94 valence electrons. The number of nitrogens with one attached hydrogen (secondary N) is 1. The van der Waals surface area contributed by atoms with Crippen LogP contribution in [0.1, 0.15) is 26.3 Å². The smallest absolute Gasteiger partial charge is 0.229 e. The summed E-state index contributed by atoms with van der Waals surface area (Å²) >= 11 is 0. The van der Waals surface area contributed by atoms with Gasteiger partial charge >= 0.3 is 0 Å². The van der Waals surface area contributed by atoms with Crippen LogP contribution in [0.5, 0.6) is 0 Å². The Morgan fingerprint density at radius 2 is 1.82 bits per heavy atom. The van der Waals surface area contributed by atoms with Crippen LogP contribution >= 0.6 is 0 Å². The highest BCUT2D eigenvalue weighted by Crippen LogP contribution is 2.13. The van der Waals surface area contributed by atoms with E-state index >= 15 is 0 Å². The van der Waals surface area contributed by atoms with Gasteiger partial charge in [0, 0.05) is 5.69 Å². The van der Waals surface area contributed by atoms with Crippen LogP contribution in [0.4, 0.5) is 5.69 Å². The number of benzene rings is 1. The van der Waals surface area contributed by atoms with Crippen molar-refractivity contribution in [1.29, 1.82) is 0 Å². The van der Waals surface area contributed by atoms with E-state index in [1.54, 1.807) is 6.92 Å². The van der Waals surface area contributed by atoms with E-state index in [1.165, 1.54) is 5.56 Å². The molecule has 0 saturated heterocycles. The van der Waals surface area contributed by atoms with E-state index in [0.717, 1.165) is 12.1 Å². The van der Waals surface area contributed by atoms with Crippen molar-refractivity contribution in [2.24, 2.45) is 11.8 Å². The molecule has 0 unspecified atom stereocenters. The average molecular weight is 235 g/mol. The van der Waals surface area contributed by atoms with Crippen molar-refractivity contribution >= 4 is 11.6 Å². The highest BCUT2D eigenvalue weighted by Gasteiger charge is 2.11. The molecule has 0 saturated carbocycles. The van der Waals surface area contributed by atoms with Crippen molar-refractivity contribution in [3.63, 3.8) is 0 Å². The number of carbonyl (C=O) groups is 1. The van der Waals surface area contributed by atoms with Gasteiger partial charge in [0.2, 0.25) is 5.91 Å². The normalized spacial score (nSPS) is 12.5. The van der Waals surface area contributed by atoms with Crippen LogP contribution in [0.15, 0.2) is 24.3 Å². The Hall–Kier alpha value is -1.35. The summed E-state index contributed by atoms with van der Waals surface area (Å²) in [6.45, 7) is 5.93. The van der Waals surface area contributed by atoms with Crippen LogP contribution in [0.3, 0.4) is 0 Å². The van der Waals surface area contributed by atoms with Crippen molar-refractivity contribution in [3.05, 3.63) is 29.8 Å². The van der Waals surface area contributed by atoms with Gasteiger partial charge in [0.1, 0.15) is 0 Å². The quantitative estimate of drug-likeness (QED) is 0.823. The van der Waals surface area contributed by atoms with Crippen molar-refractivity contribution in [2.75, 3.05) is 11.9 Å². The Bertz CT molecular complexity index is 357. The van der Waals surface area contributed by atoms with E-state index in [0.29, 0.717) is 5.92 Å². The summed E-state index contributed by atoms with van der Waals surface area (Å²) in [4.78, 5) is 11.5. The van der Waals surface area contributed by atoms with E-state index in [1.807, 2.05) is 24.3 Å². The van der Waals surface area contributed by atoms with Gasteiger partial charge in [-0.15, -0.1) is 0 Å². The molecule has 0 heterocycles. The molecule has 2 N–H and O–H groups in total. The zero-order valence-electron chi connectivity index (χ0n) is 10.7. The van der Waals surface area contributed by atoms with Crippen LogP contribution < -0.4 is 5.32 Å². The first-order valence-corrected chi connectivity index (χ1v) is 6.03. The molecule has 1 amide bonds.